The molecule has 2 unspecified atom stereocenters. The number of rotatable bonds is 11. The summed E-state index contributed by atoms with van der Waals surface area (Å²) in [7, 11) is -0.191. The van der Waals surface area contributed by atoms with Gasteiger partial charge in [-0.05, 0) is 78.1 Å². The third kappa shape index (κ3) is 6.38. The highest BCUT2D eigenvalue weighted by Crippen LogP contribution is 2.46. The molecule has 45 heavy (non-hydrogen) atoms. The number of carbonyl (C=O) groups excluding carboxylic acids is 1. The third-order valence-electron chi connectivity index (χ3n) is 9.91. The summed E-state index contributed by atoms with van der Waals surface area (Å²) < 4.78 is 39.7. The van der Waals surface area contributed by atoms with Crippen LogP contribution in [0.15, 0.2) is 58.1 Å². The lowest BCUT2D eigenvalue weighted by Gasteiger charge is -2.37. The van der Waals surface area contributed by atoms with Crippen LogP contribution in [0.25, 0.3) is 0 Å². The van der Waals surface area contributed by atoms with Gasteiger partial charge in [-0.1, -0.05) is 31.2 Å². The molecule has 0 spiro atoms. The highest BCUT2D eigenvalue weighted by atomic mass is 32.2. The Labute approximate surface area is 271 Å². The summed E-state index contributed by atoms with van der Waals surface area (Å²) in [5.41, 5.74) is 4.62. The van der Waals surface area contributed by atoms with Crippen molar-refractivity contribution >= 4 is 33.3 Å². The van der Waals surface area contributed by atoms with Crippen LogP contribution in [0, 0.1) is 5.92 Å². The minimum Gasteiger partial charge on any atom is -0.493 e. The number of fused-ring (bicyclic) bond motifs is 1. The molecule has 0 radical (unpaired) electrons. The fourth-order valence-corrected chi connectivity index (χ4v) is 9.93. The van der Waals surface area contributed by atoms with Gasteiger partial charge in [0.15, 0.2) is 11.5 Å². The lowest BCUT2D eigenvalue weighted by molar-refractivity contribution is -0.113. The second kappa shape index (κ2) is 13.8. The van der Waals surface area contributed by atoms with Crippen LogP contribution in [0.3, 0.4) is 0 Å². The van der Waals surface area contributed by atoms with E-state index in [2.05, 4.69) is 45.9 Å². The number of benzene rings is 2. The second-order valence-corrected chi connectivity index (χ2v) is 15.3. The van der Waals surface area contributed by atoms with E-state index in [1.807, 2.05) is 12.1 Å². The van der Waals surface area contributed by atoms with Crippen molar-refractivity contribution in [3.63, 3.8) is 0 Å². The van der Waals surface area contributed by atoms with E-state index in [1.54, 1.807) is 36.0 Å². The molecule has 6 rings (SSSR count). The molecule has 1 aromatic heterocycles. The molecule has 2 aromatic carbocycles. The van der Waals surface area contributed by atoms with E-state index in [9.17, 15) is 13.2 Å². The van der Waals surface area contributed by atoms with Crippen LogP contribution in [0.5, 0.6) is 11.5 Å². The van der Waals surface area contributed by atoms with Gasteiger partial charge in [-0.2, -0.15) is 4.31 Å². The minimum atomic E-state index is -3.47. The summed E-state index contributed by atoms with van der Waals surface area (Å²) >= 11 is 1.27. The normalized spacial score (nSPS) is 21.0. The van der Waals surface area contributed by atoms with E-state index in [4.69, 9.17) is 9.47 Å². The van der Waals surface area contributed by atoms with Gasteiger partial charge in [0.05, 0.1) is 20.3 Å². The SMILES string of the molecule is CCN1CCN(c2cccc3c2CN(C(CC2CCN(S(=O)(=O)c4cccs4)CC2)c2ccc(OC)c(OC)c2)C3C=O)CC1. The van der Waals surface area contributed by atoms with Crippen molar-refractivity contribution in [1.82, 2.24) is 14.1 Å². The minimum absolute atomic E-state index is 0.0670. The topological polar surface area (TPSA) is 82.6 Å². The van der Waals surface area contributed by atoms with Crippen molar-refractivity contribution in [2.75, 3.05) is 64.9 Å². The maximum Gasteiger partial charge on any atom is 0.252 e. The Hall–Kier alpha value is -2.96. The van der Waals surface area contributed by atoms with Gasteiger partial charge in [-0.15, -0.1) is 11.3 Å². The van der Waals surface area contributed by atoms with Gasteiger partial charge in [0.25, 0.3) is 10.0 Å². The molecule has 0 N–H and O–H groups in total. The van der Waals surface area contributed by atoms with Crippen molar-refractivity contribution in [3.05, 3.63) is 70.6 Å². The van der Waals surface area contributed by atoms with Crippen LogP contribution < -0.4 is 14.4 Å². The summed E-state index contributed by atoms with van der Waals surface area (Å²) in [6, 6.07) is 15.5. The summed E-state index contributed by atoms with van der Waals surface area (Å²) in [6.45, 7) is 8.96. The van der Waals surface area contributed by atoms with Crippen LogP contribution in [0.1, 0.15) is 55.0 Å². The number of ether oxygens (including phenoxy) is 2. The molecule has 4 heterocycles. The van der Waals surface area contributed by atoms with Gasteiger partial charge in [-0.3, -0.25) is 4.90 Å². The molecule has 11 heteroatoms. The number of hydrogen-bond acceptors (Lipinski definition) is 9. The van der Waals surface area contributed by atoms with Gasteiger partial charge in [0, 0.05) is 57.5 Å². The quantitative estimate of drug-likeness (QED) is 0.262. The predicted octanol–water partition coefficient (Wildman–Crippen LogP) is 5.20. The molecule has 2 saturated heterocycles. The van der Waals surface area contributed by atoms with E-state index in [0.29, 0.717) is 41.3 Å². The fraction of sp³-hybridized carbons (Fsp3) is 0.500. The van der Waals surface area contributed by atoms with E-state index in [-0.39, 0.29) is 12.1 Å². The summed E-state index contributed by atoms with van der Waals surface area (Å²) in [6.07, 6.45) is 3.45. The van der Waals surface area contributed by atoms with Gasteiger partial charge >= 0.3 is 0 Å². The number of anilines is 1. The number of hydrogen-bond donors (Lipinski definition) is 0. The second-order valence-electron chi connectivity index (χ2n) is 12.2. The number of piperidine rings is 1. The molecule has 0 bridgehead atoms. The number of piperazine rings is 1. The average molecular weight is 653 g/mol. The summed E-state index contributed by atoms with van der Waals surface area (Å²) in [5, 5.41) is 1.81. The molecule has 0 saturated carbocycles. The highest BCUT2D eigenvalue weighted by Gasteiger charge is 2.40. The Morgan fingerprint density at radius 2 is 1.71 bits per heavy atom. The van der Waals surface area contributed by atoms with Gasteiger partial charge in [-0.25, -0.2) is 8.42 Å². The number of sulfonamides is 1. The van der Waals surface area contributed by atoms with E-state index in [1.165, 1.54) is 22.6 Å². The first-order valence-electron chi connectivity index (χ1n) is 15.9. The first-order chi connectivity index (χ1) is 21.9. The first kappa shape index (κ1) is 32.0. The predicted molar refractivity (Wildman–Crippen MR) is 178 cm³/mol. The maximum atomic E-state index is 13.2. The number of thiophene rings is 1. The molecule has 242 valence electrons. The van der Waals surface area contributed by atoms with Crippen molar-refractivity contribution in [2.45, 2.75) is 49.0 Å². The molecule has 2 atom stereocenters. The number of carbonyl (C=O) groups is 1. The zero-order valence-electron chi connectivity index (χ0n) is 26.4. The maximum absolute atomic E-state index is 13.2. The third-order valence-corrected chi connectivity index (χ3v) is 13.2. The summed E-state index contributed by atoms with van der Waals surface area (Å²) in [5.74, 6) is 1.62. The molecule has 9 nitrogen and oxygen atoms in total. The van der Waals surface area contributed by atoms with E-state index < -0.39 is 10.0 Å². The molecule has 2 fully saturated rings. The van der Waals surface area contributed by atoms with E-state index >= 15 is 0 Å². The number of aldehydes is 1. The largest absolute Gasteiger partial charge is 0.493 e. The van der Waals surface area contributed by atoms with Crippen LogP contribution >= 0.6 is 11.3 Å². The Bertz CT molecular complexity index is 1570. The van der Waals surface area contributed by atoms with Gasteiger partial charge < -0.3 is 24.1 Å². The van der Waals surface area contributed by atoms with Crippen molar-refractivity contribution in [1.29, 1.82) is 0 Å². The monoisotopic (exact) mass is 652 g/mol. The van der Waals surface area contributed by atoms with Crippen molar-refractivity contribution < 1.29 is 22.7 Å². The molecule has 3 aliphatic heterocycles. The fourth-order valence-electron chi connectivity index (χ4n) is 7.32. The number of nitrogens with zero attached hydrogens (tertiary/aromatic N) is 4. The molecule has 0 amide bonds. The summed E-state index contributed by atoms with van der Waals surface area (Å²) in [4.78, 5) is 20.2. The Balaban J connectivity index is 1.28. The molecule has 0 aliphatic carbocycles. The van der Waals surface area contributed by atoms with Crippen LogP contribution in [-0.2, 0) is 21.4 Å². The Kier molecular flexibility index (Phi) is 9.82. The Morgan fingerprint density at radius 1 is 0.956 bits per heavy atom. The molecule has 3 aliphatic rings. The molecular formula is C34H44N4O5S2. The van der Waals surface area contributed by atoms with Gasteiger partial charge in [0.1, 0.15) is 10.5 Å². The van der Waals surface area contributed by atoms with Crippen LogP contribution in [-0.4, -0.2) is 88.8 Å². The first-order valence-corrected chi connectivity index (χ1v) is 18.3. The number of methoxy groups -OCH3 is 2. The lowest BCUT2D eigenvalue weighted by atomic mass is 9.87. The van der Waals surface area contributed by atoms with Gasteiger partial charge in [0.2, 0.25) is 0 Å². The van der Waals surface area contributed by atoms with Crippen molar-refractivity contribution in [2.24, 2.45) is 5.92 Å². The highest BCUT2D eigenvalue weighted by molar-refractivity contribution is 7.91. The van der Waals surface area contributed by atoms with Crippen molar-refractivity contribution in [3.8, 4) is 11.5 Å². The lowest BCUT2D eigenvalue weighted by Crippen LogP contribution is -2.46. The zero-order chi connectivity index (χ0) is 31.6. The van der Waals surface area contributed by atoms with E-state index in [0.717, 1.165) is 69.4 Å². The zero-order valence-corrected chi connectivity index (χ0v) is 28.1. The molecular weight excluding hydrogens is 609 g/mol. The van der Waals surface area contributed by atoms with Crippen LogP contribution in [0.4, 0.5) is 5.69 Å². The van der Waals surface area contributed by atoms with Crippen LogP contribution in [0.2, 0.25) is 0 Å². The standard InChI is InChI=1S/C34H44N4O5S2/c1-4-35-16-18-36(19-17-35)29-8-5-7-27-28(29)23-38(31(27)24-39)30(26-10-11-32(42-2)33(22-26)43-3)21-25-12-14-37(15-13-25)45(40,41)34-9-6-20-44-34/h5-11,20,22,24-25,30-31H,4,12-19,21,23H2,1-3H3. The smallest absolute Gasteiger partial charge is 0.252 e. The number of likely N-dealkylation sites (N-methyl/N-ethyl adjacent to an activating group) is 1. The average Bonchev–Trinajstić information content (AvgIpc) is 3.76. The molecule has 3 aromatic rings. The Morgan fingerprint density at radius 3 is 2.36 bits per heavy atom.